The molecule has 25 heavy (non-hydrogen) atoms. The topological polar surface area (TPSA) is 38.7 Å². The third-order valence-corrected chi connectivity index (χ3v) is 15.3. The highest BCUT2D eigenvalue weighted by Crippen LogP contribution is 2.42. The van der Waals surface area contributed by atoms with E-state index in [-0.39, 0.29) is 28.9 Å². The largest absolute Gasteiger partial charge is 0.414 e. The first kappa shape index (κ1) is 21.4. The van der Waals surface area contributed by atoms with Crippen LogP contribution >= 0.6 is 0 Å². The van der Waals surface area contributed by atoms with Crippen molar-refractivity contribution in [2.24, 2.45) is 0 Å². The summed E-state index contributed by atoms with van der Waals surface area (Å²) in [5.74, 6) is 0. The van der Waals surface area contributed by atoms with Gasteiger partial charge < -0.3 is 14.0 Å². The highest BCUT2D eigenvalue weighted by molar-refractivity contribution is 6.74. The Labute approximate surface area is 159 Å². The monoisotopic (exact) mass is 387 g/mol. The lowest BCUT2D eigenvalue weighted by molar-refractivity contribution is 0.0722. The quantitative estimate of drug-likeness (QED) is 0.473. The molecule has 0 aliphatic heterocycles. The molecule has 1 aliphatic carbocycles. The average molecular weight is 388 g/mol. The molecule has 0 aromatic heterocycles. The van der Waals surface area contributed by atoms with Crippen LogP contribution in [0.25, 0.3) is 0 Å². The van der Waals surface area contributed by atoms with Gasteiger partial charge in [0.05, 0.1) is 18.8 Å². The maximum atomic E-state index is 9.41. The summed E-state index contributed by atoms with van der Waals surface area (Å²) in [7, 11) is -3.85. The van der Waals surface area contributed by atoms with Crippen molar-refractivity contribution in [3.05, 3.63) is 11.6 Å². The SMILES string of the molecule is [2H][C@H]1/C(=C/CO)C[C@@H](O[Si](C)(C)C(C)(C)C)C[C@@H]1O[Si](C)(C)C(C)(C)C. The van der Waals surface area contributed by atoms with Crippen LogP contribution in [0.3, 0.4) is 0 Å². The summed E-state index contributed by atoms with van der Waals surface area (Å²) in [5, 5.41) is 9.67. The molecule has 5 heteroatoms. The van der Waals surface area contributed by atoms with Crippen LogP contribution in [0.4, 0.5) is 0 Å². The van der Waals surface area contributed by atoms with Gasteiger partial charge in [0, 0.05) is 1.37 Å². The van der Waals surface area contributed by atoms with Gasteiger partial charge in [-0.05, 0) is 55.5 Å². The summed E-state index contributed by atoms with van der Waals surface area (Å²) in [5.41, 5.74) is 0.964. The Morgan fingerprint density at radius 1 is 1.00 bits per heavy atom. The zero-order valence-corrected chi connectivity index (χ0v) is 20.2. The Kier molecular flexibility index (Phi) is 6.81. The Bertz CT molecular complexity index is 504. The predicted molar refractivity (Wildman–Crippen MR) is 113 cm³/mol. The Balaban J connectivity index is 3.06. The molecule has 3 nitrogen and oxygen atoms in total. The van der Waals surface area contributed by atoms with Crippen molar-refractivity contribution < 1.29 is 15.3 Å². The molecular formula is C20H42O3Si2. The van der Waals surface area contributed by atoms with Crippen molar-refractivity contribution in [2.45, 2.75) is 109 Å². The van der Waals surface area contributed by atoms with Crippen molar-refractivity contribution >= 4 is 16.6 Å². The van der Waals surface area contributed by atoms with E-state index in [1.807, 2.05) is 0 Å². The van der Waals surface area contributed by atoms with E-state index in [0.717, 1.165) is 18.4 Å². The number of hydrogen-bond acceptors (Lipinski definition) is 3. The van der Waals surface area contributed by atoms with E-state index in [9.17, 15) is 5.11 Å². The minimum Gasteiger partial charge on any atom is -0.414 e. The zero-order chi connectivity index (χ0) is 20.6. The van der Waals surface area contributed by atoms with Crippen LogP contribution in [-0.4, -0.2) is 40.6 Å². The third kappa shape index (κ3) is 6.31. The molecular weight excluding hydrogens is 344 g/mol. The fraction of sp³-hybridized carbons (Fsp3) is 0.900. The molecule has 1 saturated carbocycles. The summed E-state index contributed by atoms with van der Waals surface area (Å²) in [6.45, 7) is 22.5. The lowest BCUT2D eigenvalue weighted by atomic mass is 9.90. The van der Waals surface area contributed by atoms with Crippen molar-refractivity contribution in [2.75, 3.05) is 6.61 Å². The second-order valence-corrected chi connectivity index (χ2v) is 20.0. The van der Waals surface area contributed by atoms with E-state index in [4.69, 9.17) is 10.2 Å². The van der Waals surface area contributed by atoms with Crippen LogP contribution in [0.15, 0.2) is 11.6 Å². The van der Waals surface area contributed by atoms with Crippen LogP contribution < -0.4 is 0 Å². The molecule has 1 rings (SSSR count). The first-order chi connectivity index (χ1) is 11.5. The van der Waals surface area contributed by atoms with Gasteiger partial charge in [-0.3, -0.25) is 0 Å². The molecule has 1 fully saturated rings. The normalized spacial score (nSPS) is 29.0. The van der Waals surface area contributed by atoms with Crippen molar-refractivity contribution in [1.29, 1.82) is 0 Å². The van der Waals surface area contributed by atoms with Gasteiger partial charge >= 0.3 is 0 Å². The van der Waals surface area contributed by atoms with E-state index < -0.39 is 23.0 Å². The van der Waals surface area contributed by atoms with Gasteiger partial charge in [0.2, 0.25) is 0 Å². The zero-order valence-electron chi connectivity index (χ0n) is 19.2. The minimum atomic E-state index is -1.97. The summed E-state index contributed by atoms with van der Waals surface area (Å²) in [4.78, 5) is 0. The first-order valence-corrected chi connectivity index (χ1v) is 15.4. The molecule has 0 amide bonds. The first-order valence-electron chi connectivity index (χ1n) is 10.2. The fourth-order valence-electron chi connectivity index (χ4n) is 2.57. The van der Waals surface area contributed by atoms with E-state index in [0.29, 0.717) is 0 Å². The van der Waals surface area contributed by atoms with Gasteiger partial charge in [-0.15, -0.1) is 0 Å². The van der Waals surface area contributed by atoms with Gasteiger partial charge in [0.25, 0.3) is 0 Å². The smallest absolute Gasteiger partial charge is 0.192 e. The van der Waals surface area contributed by atoms with Gasteiger partial charge in [-0.2, -0.15) is 0 Å². The van der Waals surface area contributed by atoms with Crippen molar-refractivity contribution in [3.63, 3.8) is 0 Å². The maximum Gasteiger partial charge on any atom is 0.192 e. The van der Waals surface area contributed by atoms with Crippen LogP contribution in [0.5, 0.6) is 0 Å². The van der Waals surface area contributed by atoms with Gasteiger partial charge in [-0.25, -0.2) is 0 Å². The number of hydrogen-bond donors (Lipinski definition) is 1. The molecule has 1 N–H and O–H groups in total. The van der Waals surface area contributed by atoms with Crippen molar-refractivity contribution in [1.82, 2.24) is 0 Å². The van der Waals surface area contributed by atoms with E-state index in [1.54, 1.807) is 6.08 Å². The Hall–Kier alpha value is 0.0538. The van der Waals surface area contributed by atoms with Crippen LogP contribution in [-0.2, 0) is 8.85 Å². The second-order valence-electron chi connectivity index (χ2n) is 10.5. The molecule has 0 bridgehead atoms. The average Bonchev–Trinajstić information content (AvgIpc) is 2.40. The molecule has 0 aromatic carbocycles. The van der Waals surface area contributed by atoms with Gasteiger partial charge in [-0.1, -0.05) is 53.2 Å². The second kappa shape index (κ2) is 7.97. The molecule has 0 saturated heterocycles. The van der Waals surface area contributed by atoms with Crippen LogP contribution in [0, 0.1) is 0 Å². The Morgan fingerprint density at radius 2 is 1.44 bits per heavy atom. The molecule has 0 aromatic rings. The van der Waals surface area contributed by atoms with E-state index in [2.05, 4.69) is 67.7 Å². The van der Waals surface area contributed by atoms with E-state index >= 15 is 0 Å². The molecule has 0 spiro atoms. The summed E-state index contributed by atoms with van der Waals surface area (Å²) < 4.78 is 22.0. The molecule has 3 atom stereocenters. The summed E-state index contributed by atoms with van der Waals surface area (Å²) in [6.07, 6.45) is 2.81. The fourth-order valence-corrected chi connectivity index (χ4v) is 5.21. The number of aliphatic hydroxyl groups excluding tert-OH is 1. The van der Waals surface area contributed by atoms with Gasteiger partial charge in [0.15, 0.2) is 16.6 Å². The molecule has 1 aliphatic rings. The van der Waals surface area contributed by atoms with Crippen molar-refractivity contribution in [3.8, 4) is 0 Å². The van der Waals surface area contributed by atoms with Gasteiger partial charge in [0.1, 0.15) is 0 Å². The summed E-state index contributed by atoms with van der Waals surface area (Å²) in [6, 6.07) is 0. The predicted octanol–water partition coefficient (Wildman–Crippen LogP) is 5.87. The number of aliphatic hydroxyl groups is 1. The Morgan fingerprint density at radius 3 is 1.84 bits per heavy atom. The lowest BCUT2D eigenvalue weighted by Gasteiger charge is -2.45. The van der Waals surface area contributed by atoms with E-state index in [1.165, 1.54) is 0 Å². The third-order valence-electron chi connectivity index (χ3n) is 6.23. The van der Waals surface area contributed by atoms with Crippen LogP contribution in [0.1, 0.15) is 62.2 Å². The molecule has 0 radical (unpaired) electrons. The maximum absolute atomic E-state index is 9.41. The number of rotatable bonds is 5. The molecule has 148 valence electrons. The lowest BCUT2D eigenvalue weighted by Crippen LogP contribution is -2.48. The summed E-state index contributed by atoms with van der Waals surface area (Å²) >= 11 is 0. The standard InChI is InChI=1S/C20H42O3Si2/c1-19(2,3)24(7,8)22-17-13-16(11-12-21)14-18(15-17)23-25(9,10)20(4,5)6/h11,17-18,21H,12-15H2,1-10H3/t17-,18-/m1/s1/i13D/b16-11-/t13-,17+,18+/m0. The van der Waals surface area contributed by atoms with Crippen LogP contribution in [0.2, 0.25) is 36.3 Å². The molecule has 0 heterocycles. The highest BCUT2D eigenvalue weighted by Gasteiger charge is 2.43. The highest BCUT2D eigenvalue weighted by atomic mass is 28.4. The molecule has 0 unspecified atom stereocenters. The minimum absolute atomic E-state index is 0.0235.